The highest BCUT2D eigenvalue weighted by Gasteiger charge is 2.31. The summed E-state index contributed by atoms with van der Waals surface area (Å²) in [5.74, 6) is -2.20. The Labute approximate surface area is 220 Å². The second-order valence-electron chi connectivity index (χ2n) is 9.40. The van der Waals surface area contributed by atoms with Gasteiger partial charge in [-0.1, -0.05) is 56.9 Å². The van der Waals surface area contributed by atoms with Crippen molar-refractivity contribution in [1.29, 1.82) is 0 Å². The summed E-state index contributed by atoms with van der Waals surface area (Å²) >= 11 is 0. The molecule has 1 heterocycles. The van der Waals surface area contributed by atoms with Gasteiger partial charge in [0.05, 0.1) is 12.2 Å². The highest BCUT2D eigenvalue weighted by atomic mass is 16.3. The Balaban J connectivity index is 2.73. The highest BCUT2D eigenvalue weighted by Crippen LogP contribution is 2.07. The molecular formula is C27H44N4O6. The number of aliphatic hydroxyl groups excluding tert-OH is 2. The first-order valence-electron chi connectivity index (χ1n) is 13.2. The lowest BCUT2D eigenvalue weighted by atomic mass is 10.0. The topological polar surface area (TPSA) is 157 Å². The number of allylic oxidation sites excluding steroid dienone is 3. The minimum Gasteiger partial charge on any atom is -0.393 e. The van der Waals surface area contributed by atoms with Crippen LogP contribution in [0.5, 0.6) is 0 Å². The van der Waals surface area contributed by atoms with Crippen molar-refractivity contribution in [3.05, 3.63) is 36.5 Å². The zero-order chi connectivity index (χ0) is 27.6. The monoisotopic (exact) mass is 520 g/mol. The first kappa shape index (κ1) is 32.0. The van der Waals surface area contributed by atoms with Crippen LogP contribution in [0.2, 0.25) is 0 Å². The van der Waals surface area contributed by atoms with Gasteiger partial charge in [0.1, 0.15) is 12.1 Å². The quantitative estimate of drug-likeness (QED) is 0.129. The van der Waals surface area contributed by atoms with E-state index in [1.807, 2.05) is 6.08 Å². The predicted octanol–water partition coefficient (Wildman–Crippen LogP) is 1.14. The highest BCUT2D eigenvalue weighted by molar-refractivity contribution is 5.95. The lowest BCUT2D eigenvalue weighted by Gasteiger charge is -2.26. The zero-order valence-corrected chi connectivity index (χ0v) is 22.2. The van der Waals surface area contributed by atoms with Crippen molar-refractivity contribution in [2.45, 2.75) is 102 Å². The number of hydrogen-bond acceptors (Lipinski definition) is 6. The van der Waals surface area contributed by atoms with Crippen LogP contribution in [-0.2, 0) is 19.2 Å². The lowest BCUT2D eigenvalue weighted by molar-refractivity contribution is -0.134. The van der Waals surface area contributed by atoms with Gasteiger partial charge in [-0.25, -0.2) is 0 Å². The number of carbonyl (C=O) groups excluding carboxylic acids is 4. The molecule has 1 aliphatic heterocycles. The number of aliphatic hydroxyl groups is 2. The molecule has 4 amide bonds. The van der Waals surface area contributed by atoms with Crippen LogP contribution in [0.3, 0.4) is 0 Å². The molecule has 0 saturated heterocycles. The molecule has 0 fully saturated rings. The number of carbonyl (C=O) groups is 4. The van der Waals surface area contributed by atoms with Gasteiger partial charge in [0.15, 0.2) is 0 Å². The van der Waals surface area contributed by atoms with Crippen molar-refractivity contribution in [3.8, 4) is 0 Å². The van der Waals surface area contributed by atoms with Crippen LogP contribution in [-0.4, -0.2) is 70.7 Å². The smallest absolute Gasteiger partial charge is 0.245 e. The molecule has 208 valence electrons. The van der Waals surface area contributed by atoms with Crippen LogP contribution in [0.25, 0.3) is 0 Å². The Bertz CT molecular complexity index is 824. The van der Waals surface area contributed by atoms with Gasteiger partial charge in [-0.15, -0.1) is 0 Å². The van der Waals surface area contributed by atoms with E-state index in [1.54, 1.807) is 19.1 Å². The van der Waals surface area contributed by atoms with E-state index in [0.717, 1.165) is 12.8 Å². The second-order valence-corrected chi connectivity index (χ2v) is 9.40. The standard InChI is InChI=1S/C27H44N4O6/c1-4-5-6-7-8-9-10-11-12-13-24(35)31-25(20(3)32)27(37)30-22-18-21(33)16-17-28-23(34)15-14-19(2)29-26(22)36/h10-15,19-22,25,32-33H,4-9,16-18H2,1-3H3,(H,28,34)(H,29,36)(H,30,37)(H,31,35). The van der Waals surface area contributed by atoms with E-state index in [0.29, 0.717) is 0 Å². The fraction of sp³-hybridized carbons (Fsp3) is 0.630. The Morgan fingerprint density at radius 1 is 1.19 bits per heavy atom. The molecular weight excluding hydrogens is 476 g/mol. The third-order valence-corrected chi connectivity index (χ3v) is 5.86. The fourth-order valence-corrected chi connectivity index (χ4v) is 3.70. The van der Waals surface area contributed by atoms with E-state index in [2.05, 4.69) is 28.2 Å². The summed E-state index contributed by atoms with van der Waals surface area (Å²) in [6.45, 7) is 5.40. The number of unbranched alkanes of at least 4 members (excludes halogenated alkanes) is 5. The maximum absolute atomic E-state index is 12.9. The van der Waals surface area contributed by atoms with Gasteiger partial charge in [0.2, 0.25) is 23.6 Å². The van der Waals surface area contributed by atoms with E-state index in [9.17, 15) is 29.4 Å². The summed E-state index contributed by atoms with van der Waals surface area (Å²) in [5, 5.41) is 30.7. The summed E-state index contributed by atoms with van der Waals surface area (Å²) in [6, 6.07) is -2.92. The Morgan fingerprint density at radius 3 is 2.62 bits per heavy atom. The molecule has 1 rings (SSSR count). The van der Waals surface area contributed by atoms with Crippen molar-refractivity contribution < 1.29 is 29.4 Å². The third-order valence-electron chi connectivity index (χ3n) is 5.86. The largest absolute Gasteiger partial charge is 0.393 e. The Hall–Kier alpha value is -2.98. The van der Waals surface area contributed by atoms with E-state index < -0.39 is 48.1 Å². The van der Waals surface area contributed by atoms with Gasteiger partial charge < -0.3 is 31.5 Å². The van der Waals surface area contributed by atoms with E-state index >= 15 is 0 Å². The molecule has 0 aliphatic carbocycles. The van der Waals surface area contributed by atoms with Crippen molar-refractivity contribution >= 4 is 23.6 Å². The maximum atomic E-state index is 12.9. The molecule has 37 heavy (non-hydrogen) atoms. The van der Waals surface area contributed by atoms with E-state index in [-0.39, 0.29) is 25.3 Å². The van der Waals surface area contributed by atoms with Crippen LogP contribution in [0.15, 0.2) is 36.5 Å². The van der Waals surface area contributed by atoms with E-state index in [1.165, 1.54) is 50.8 Å². The molecule has 6 N–H and O–H groups in total. The summed E-state index contributed by atoms with van der Waals surface area (Å²) in [6.07, 6.45) is 14.1. The van der Waals surface area contributed by atoms with Crippen LogP contribution in [0.1, 0.15) is 72.1 Å². The van der Waals surface area contributed by atoms with Crippen LogP contribution >= 0.6 is 0 Å². The molecule has 0 saturated carbocycles. The Morgan fingerprint density at radius 2 is 1.92 bits per heavy atom. The average molecular weight is 521 g/mol. The van der Waals surface area contributed by atoms with E-state index in [4.69, 9.17) is 0 Å². The van der Waals surface area contributed by atoms with Crippen molar-refractivity contribution in [2.24, 2.45) is 0 Å². The van der Waals surface area contributed by atoms with Crippen molar-refractivity contribution in [1.82, 2.24) is 21.3 Å². The van der Waals surface area contributed by atoms with Crippen LogP contribution < -0.4 is 21.3 Å². The van der Waals surface area contributed by atoms with Gasteiger partial charge in [0.25, 0.3) is 0 Å². The molecule has 5 atom stereocenters. The van der Waals surface area contributed by atoms with Gasteiger partial charge in [-0.05, 0) is 33.1 Å². The maximum Gasteiger partial charge on any atom is 0.245 e. The first-order valence-corrected chi connectivity index (χ1v) is 13.2. The molecule has 0 aromatic carbocycles. The zero-order valence-electron chi connectivity index (χ0n) is 22.2. The van der Waals surface area contributed by atoms with Gasteiger partial charge >= 0.3 is 0 Å². The molecule has 0 bridgehead atoms. The van der Waals surface area contributed by atoms with Crippen molar-refractivity contribution in [3.63, 3.8) is 0 Å². The molecule has 0 radical (unpaired) electrons. The summed E-state index contributed by atoms with van der Waals surface area (Å²) < 4.78 is 0. The number of amides is 4. The van der Waals surface area contributed by atoms with Crippen LogP contribution in [0, 0.1) is 0 Å². The van der Waals surface area contributed by atoms with Gasteiger partial charge in [-0.3, -0.25) is 19.2 Å². The third kappa shape index (κ3) is 14.4. The molecule has 1 aliphatic rings. The molecule has 10 nitrogen and oxygen atoms in total. The summed E-state index contributed by atoms with van der Waals surface area (Å²) in [4.78, 5) is 49.7. The van der Waals surface area contributed by atoms with Gasteiger partial charge in [-0.2, -0.15) is 0 Å². The number of rotatable bonds is 12. The molecule has 0 aromatic heterocycles. The van der Waals surface area contributed by atoms with Crippen molar-refractivity contribution in [2.75, 3.05) is 6.54 Å². The minimum atomic E-state index is -1.30. The molecule has 0 aromatic rings. The number of hydrogen-bond donors (Lipinski definition) is 6. The van der Waals surface area contributed by atoms with Gasteiger partial charge in [0, 0.05) is 31.2 Å². The fourth-order valence-electron chi connectivity index (χ4n) is 3.70. The Kier molecular flexibility index (Phi) is 15.8. The lowest BCUT2D eigenvalue weighted by Crippen LogP contribution is -2.58. The minimum absolute atomic E-state index is 0.104. The summed E-state index contributed by atoms with van der Waals surface area (Å²) in [7, 11) is 0. The SMILES string of the molecule is CCCCCCCC=CC=CC(=O)NC(C(=O)NC1CC(O)CCNC(=O)C=CC(C)NC1=O)C(C)O. The molecule has 5 unspecified atom stereocenters. The normalized spacial score (nSPS) is 23.0. The predicted molar refractivity (Wildman–Crippen MR) is 142 cm³/mol. The summed E-state index contributed by atoms with van der Waals surface area (Å²) in [5.41, 5.74) is 0. The second kappa shape index (κ2) is 18.3. The first-order chi connectivity index (χ1) is 17.6. The average Bonchev–Trinajstić information content (AvgIpc) is 2.83. The molecule has 10 heteroatoms. The number of nitrogens with one attached hydrogen (secondary N) is 4. The van der Waals surface area contributed by atoms with Crippen LogP contribution in [0.4, 0.5) is 0 Å². The molecule has 0 spiro atoms.